The number of carbonyl (C=O) groups excluding carboxylic acids is 1. The number of nitrogens with zero attached hydrogens (tertiary/aromatic N) is 5. The molecule has 0 radical (unpaired) electrons. The van der Waals surface area contributed by atoms with Gasteiger partial charge in [0.25, 0.3) is 0 Å². The van der Waals surface area contributed by atoms with Crippen molar-refractivity contribution in [3.05, 3.63) is 35.4 Å². The minimum Gasteiger partial charge on any atom is -0.495 e. The van der Waals surface area contributed by atoms with Crippen LogP contribution in [-0.2, 0) is 15.8 Å². The minimum absolute atomic E-state index is 0.0238. The maximum atomic E-state index is 16.0. The number of carbonyl (C=O) groups is 1. The molecular formula is C32H46F2N6O4Si. The summed E-state index contributed by atoms with van der Waals surface area (Å²) in [6, 6.07) is 2.39. The summed E-state index contributed by atoms with van der Waals surface area (Å²) < 4.78 is 50.6. The predicted octanol–water partition coefficient (Wildman–Crippen LogP) is 7.10. The van der Waals surface area contributed by atoms with E-state index in [4.69, 9.17) is 24.0 Å². The predicted molar refractivity (Wildman–Crippen MR) is 171 cm³/mol. The summed E-state index contributed by atoms with van der Waals surface area (Å²) in [5, 5.41) is 7.93. The molecule has 5 rings (SSSR count). The summed E-state index contributed by atoms with van der Waals surface area (Å²) in [6.07, 6.45) is 1.91. The second-order valence-corrected chi connectivity index (χ2v) is 19.5. The average Bonchev–Trinajstić information content (AvgIpc) is 3.71. The van der Waals surface area contributed by atoms with Crippen LogP contribution in [0.15, 0.2) is 18.3 Å². The summed E-state index contributed by atoms with van der Waals surface area (Å²) in [7, 11) is -0.626. The van der Waals surface area contributed by atoms with Gasteiger partial charge in [-0.05, 0) is 64.2 Å². The highest BCUT2D eigenvalue weighted by Crippen LogP contribution is 2.43. The Bertz CT molecular complexity index is 1560. The van der Waals surface area contributed by atoms with Crippen molar-refractivity contribution < 1.29 is 27.5 Å². The van der Waals surface area contributed by atoms with Crippen molar-refractivity contribution in [3.8, 4) is 17.1 Å². The summed E-state index contributed by atoms with van der Waals surface area (Å²) in [5.74, 6) is 0.648. The van der Waals surface area contributed by atoms with Crippen molar-refractivity contribution in [2.45, 2.75) is 109 Å². The number of amides is 1. The average molecular weight is 645 g/mol. The van der Waals surface area contributed by atoms with Crippen molar-refractivity contribution in [2.75, 3.05) is 25.5 Å². The second-order valence-electron chi connectivity index (χ2n) is 14.6. The standard InChI is InChI=1S/C32H46F2N6O4Si/c1-31(2,3)44-30(41)39-13-12-21(33)23(17-39)36-29-20(18-43-45(8,9)32(4,5)6)14-22(34)28(37-29)24-16-35-26-15-25(42-7)27(19-10-11-19)38-40(24)26/h14-16,19,21,23H,10-13,17-18H2,1-9H3,(H,36,37)/t21-,23-/m0/s1. The van der Waals surface area contributed by atoms with Crippen LogP contribution in [0.5, 0.6) is 5.75 Å². The molecule has 1 aliphatic heterocycles. The fourth-order valence-corrected chi connectivity index (χ4v) is 5.97. The number of aromatic nitrogens is 4. The number of anilines is 1. The first kappa shape index (κ1) is 33.1. The second kappa shape index (κ2) is 12.1. The van der Waals surface area contributed by atoms with Gasteiger partial charge in [0.05, 0.1) is 26.0 Å². The van der Waals surface area contributed by atoms with Crippen molar-refractivity contribution in [3.63, 3.8) is 0 Å². The molecule has 1 N–H and O–H groups in total. The van der Waals surface area contributed by atoms with E-state index in [9.17, 15) is 4.79 Å². The van der Waals surface area contributed by atoms with E-state index >= 15 is 8.78 Å². The first-order valence-corrected chi connectivity index (χ1v) is 18.5. The van der Waals surface area contributed by atoms with E-state index in [1.807, 2.05) is 0 Å². The SMILES string of the molecule is COc1cc2ncc(-c3nc(N[C@H]4CN(C(=O)OC(C)(C)C)CC[C@@H]4F)c(CO[Si](C)(C)C(C)(C)C)cc3F)n2nc1C1CC1. The zero-order valence-electron chi connectivity index (χ0n) is 27.8. The number of hydrogen-bond acceptors (Lipinski definition) is 8. The molecule has 0 aromatic carbocycles. The Kier molecular flexibility index (Phi) is 8.90. The fraction of sp³-hybridized carbons (Fsp3) is 0.625. The van der Waals surface area contributed by atoms with E-state index in [2.05, 4.69) is 44.2 Å². The van der Waals surface area contributed by atoms with Crippen LogP contribution in [0.25, 0.3) is 17.0 Å². The molecule has 2 atom stereocenters. The Morgan fingerprint density at radius 3 is 2.47 bits per heavy atom. The van der Waals surface area contributed by atoms with Crippen LogP contribution in [0, 0.1) is 5.82 Å². The van der Waals surface area contributed by atoms with Gasteiger partial charge in [-0.1, -0.05) is 20.8 Å². The third kappa shape index (κ3) is 7.24. The minimum atomic E-state index is -2.22. The topological polar surface area (TPSA) is 103 Å². The van der Waals surface area contributed by atoms with E-state index in [-0.39, 0.29) is 48.6 Å². The smallest absolute Gasteiger partial charge is 0.410 e. The highest BCUT2D eigenvalue weighted by molar-refractivity contribution is 6.74. The molecule has 0 unspecified atom stereocenters. The molecular weight excluding hydrogens is 598 g/mol. The Hall–Kier alpha value is -3.32. The van der Waals surface area contributed by atoms with Crippen LogP contribution >= 0.6 is 0 Å². The number of ether oxygens (including phenoxy) is 2. The third-order valence-corrected chi connectivity index (χ3v) is 13.3. The van der Waals surface area contributed by atoms with Crippen LogP contribution in [-0.4, -0.2) is 76.9 Å². The normalized spacial score (nSPS) is 19.6. The molecule has 13 heteroatoms. The van der Waals surface area contributed by atoms with Gasteiger partial charge < -0.3 is 24.1 Å². The number of hydrogen-bond donors (Lipinski definition) is 1. The quantitative estimate of drug-likeness (QED) is 0.259. The van der Waals surface area contributed by atoms with E-state index in [0.717, 1.165) is 18.5 Å². The molecule has 2 aliphatic rings. The molecule has 246 valence electrons. The van der Waals surface area contributed by atoms with Gasteiger partial charge in [-0.3, -0.25) is 0 Å². The lowest BCUT2D eigenvalue weighted by atomic mass is 10.0. The van der Waals surface area contributed by atoms with Gasteiger partial charge in [-0.2, -0.15) is 5.10 Å². The highest BCUT2D eigenvalue weighted by Gasteiger charge is 2.38. The van der Waals surface area contributed by atoms with E-state index in [1.54, 1.807) is 38.5 Å². The molecule has 10 nitrogen and oxygen atoms in total. The lowest BCUT2D eigenvalue weighted by Crippen LogP contribution is -2.52. The molecule has 1 amide bonds. The number of fused-ring (bicyclic) bond motifs is 1. The van der Waals surface area contributed by atoms with Gasteiger partial charge in [0.2, 0.25) is 0 Å². The van der Waals surface area contributed by atoms with Crippen LogP contribution in [0.4, 0.5) is 19.4 Å². The zero-order chi connectivity index (χ0) is 32.9. The molecule has 3 aromatic rings. The van der Waals surface area contributed by atoms with Crippen molar-refractivity contribution in [1.82, 2.24) is 24.5 Å². The zero-order valence-corrected chi connectivity index (χ0v) is 28.8. The van der Waals surface area contributed by atoms with Crippen molar-refractivity contribution in [1.29, 1.82) is 0 Å². The molecule has 45 heavy (non-hydrogen) atoms. The summed E-state index contributed by atoms with van der Waals surface area (Å²) in [6.45, 7) is 16.4. The highest BCUT2D eigenvalue weighted by atomic mass is 28.4. The third-order valence-electron chi connectivity index (χ3n) is 8.86. The van der Waals surface area contributed by atoms with Crippen LogP contribution in [0.2, 0.25) is 18.1 Å². The lowest BCUT2D eigenvalue weighted by molar-refractivity contribution is 0.0150. The number of imidazole rings is 1. The van der Waals surface area contributed by atoms with Crippen molar-refractivity contribution >= 4 is 25.9 Å². The summed E-state index contributed by atoms with van der Waals surface area (Å²) >= 11 is 0. The lowest BCUT2D eigenvalue weighted by Gasteiger charge is -2.37. The molecule has 1 saturated carbocycles. The van der Waals surface area contributed by atoms with Gasteiger partial charge in [-0.25, -0.2) is 28.1 Å². The number of piperidine rings is 1. The van der Waals surface area contributed by atoms with Crippen molar-refractivity contribution in [2.24, 2.45) is 0 Å². The number of nitrogens with one attached hydrogen (secondary N) is 1. The molecule has 2 fully saturated rings. The van der Waals surface area contributed by atoms with Gasteiger partial charge in [0, 0.05) is 30.6 Å². The van der Waals surface area contributed by atoms with Gasteiger partial charge in [0.15, 0.2) is 19.8 Å². The molecule has 3 aromatic heterocycles. The van der Waals surface area contributed by atoms with Gasteiger partial charge in [-0.15, -0.1) is 0 Å². The summed E-state index contributed by atoms with van der Waals surface area (Å²) in [4.78, 5) is 23.5. The maximum absolute atomic E-state index is 16.0. The number of pyridine rings is 1. The van der Waals surface area contributed by atoms with E-state index < -0.39 is 38.0 Å². The molecule has 1 saturated heterocycles. The van der Waals surface area contributed by atoms with Crippen LogP contribution in [0.1, 0.15) is 78.0 Å². The van der Waals surface area contributed by atoms with E-state index in [1.165, 1.54) is 17.2 Å². The number of halogens is 2. The monoisotopic (exact) mass is 644 g/mol. The maximum Gasteiger partial charge on any atom is 0.410 e. The molecule has 4 heterocycles. The van der Waals surface area contributed by atoms with Crippen LogP contribution in [0.3, 0.4) is 0 Å². The fourth-order valence-electron chi connectivity index (χ4n) is 5.02. The largest absolute Gasteiger partial charge is 0.495 e. The first-order valence-electron chi connectivity index (χ1n) is 15.6. The first-order chi connectivity index (χ1) is 21.0. The number of methoxy groups -OCH3 is 1. The number of likely N-dealkylation sites (tertiary alicyclic amines) is 1. The molecule has 0 bridgehead atoms. The Labute approximate surface area is 265 Å². The van der Waals surface area contributed by atoms with Gasteiger partial charge in [0.1, 0.15) is 40.4 Å². The molecule has 1 aliphatic carbocycles. The summed E-state index contributed by atoms with van der Waals surface area (Å²) in [5.41, 5.74) is 1.46. The van der Waals surface area contributed by atoms with E-state index in [0.29, 0.717) is 22.7 Å². The number of rotatable bonds is 8. The number of alkyl halides is 1. The molecule has 0 spiro atoms. The Balaban J connectivity index is 1.53. The van der Waals surface area contributed by atoms with Crippen LogP contribution < -0.4 is 10.1 Å². The Morgan fingerprint density at radius 2 is 1.84 bits per heavy atom. The Morgan fingerprint density at radius 1 is 1.13 bits per heavy atom. The van der Waals surface area contributed by atoms with Gasteiger partial charge >= 0.3 is 6.09 Å².